The molecule has 0 aromatic heterocycles. The van der Waals surface area contributed by atoms with Crippen molar-refractivity contribution in [3.8, 4) is 0 Å². The molecule has 0 aliphatic carbocycles. The first-order valence-electron chi connectivity index (χ1n) is 4.44. The molecular formula is C8H16N2O4S. The van der Waals surface area contributed by atoms with Crippen LogP contribution in [0, 0.1) is 0 Å². The van der Waals surface area contributed by atoms with E-state index in [0.29, 0.717) is 17.9 Å². The molecule has 0 aliphatic rings. The van der Waals surface area contributed by atoms with Crippen molar-refractivity contribution in [3.63, 3.8) is 0 Å². The van der Waals surface area contributed by atoms with Crippen molar-refractivity contribution in [2.24, 2.45) is 5.73 Å². The van der Waals surface area contributed by atoms with Crippen LogP contribution in [0.1, 0.15) is 13.3 Å². The molecule has 1 amide bonds. The number of hydrogen-bond acceptors (Lipinski definition) is 5. The van der Waals surface area contributed by atoms with E-state index in [0.717, 1.165) is 0 Å². The summed E-state index contributed by atoms with van der Waals surface area (Å²) in [5.74, 6) is -0.496. The van der Waals surface area contributed by atoms with Crippen LogP contribution in [0.15, 0.2) is 0 Å². The molecular weight excluding hydrogens is 220 g/mol. The number of amides is 1. The lowest BCUT2D eigenvalue weighted by atomic mass is 10.4. The predicted octanol–water partition coefficient (Wildman–Crippen LogP) is -1.02. The van der Waals surface area contributed by atoms with Crippen LogP contribution >= 0.6 is 11.8 Å². The van der Waals surface area contributed by atoms with E-state index in [9.17, 15) is 14.7 Å². The number of aliphatic hydroxyl groups is 1. The van der Waals surface area contributed by atoms with Gasteiger partial charge < -0.3 is 21.3 Å². The lowest BCUT2D eigenvalue weighted by Crippen LogP contribution is -2.34. The smallest absolute Gasteiger partial charge is 0.321 e. The number of carbonyl (C=O) groups excluding carboxylic acids is 1. The lowest BCUT2D eigenvalue weighted by molar-refractivity contribution is -0.137. The molecule has 0 fully saturated rings. The van der Waals surface area contributed by atoms with Crippen molar-refractivity contribution in [1.82, 2.24) is 5.32 Å². The van der Waals surface area contributed by atoms with Crippen molar-refractivity contribution in [1.29, 1.82) is 0 Å². The van der Waals surface area contributed by atoms with Crippen LogP contribution in [0.3, 0.4) is 0 Å². The van der Waals surface area contributed by atoms with E-state index in [1.807, 2.05) is 0 Å². The summed E-state index contributed by atoms with van der Waals surface area (Å²) < 4.78 is 0. The van der Waals surface area contributed by atoms with E-state index < -0.39 is 18.2 Å². The van der Waals surface area contributed by atoms with E-state index in [1.165, 1.54) is 18.7 Å². The first kappa shape index (κ1) is 14.2. The molecule has 0 rings (SSSR count). The second-order valence-electron chi connectivity index (χ2n) is 3.02. The van der Waals surface area contributed by atoms with E-state index in [-0.39, 0.29) is 5.91 Å². The average Bonchev–Trinajstić information content (AvgIpc) is 2.10. The fourth-order valence-corrected chi connectivity index (χ4v) is 1.74. The molecule has 0 bridgehead atoms. The summed E-state index contributed by atoms with van der Waals surface area (Å²) in [4.78, 5) is 20.8. The number of carboxylic acid groups (broad SMARTS) is 1. The maximum atomic E-state index is 10.5. The van der Waals surface area contributed by atoms with Crippen molar-refractivity contribution >= 4 is 23.6 Å². The quantitative estimate of drug-likeness (QED) is 0.332. The summed E-state index contributed by atoms with van der Waals surface area (Å²) in [7, 11) is 0. The molecule has 2 atom stereocenters. The summed E-state index contributed by atoms with van der Waals surface area (Å²) in [5, 5.41) is 20.0. The zero-order valence-electron chi connectivity index (χ0n) is 8.47. The Morgan fingerprint density at radius 2 is 2.13 bits per heavy atom. The Bertz CT molecular complexity index is 225. The number of thioether (sulfide) groups is 1. The third-order valence-electron chi connectivity index (χ3n) is 1.52. The molecule has 0 saturated carbocycles. The fourth-order valence-electron chi connectivity index (χ4n) is 0.783. The van der Waals surface area contributed by atoms with Gasteiger partial charge in [-0.25, -0.2) is 0 Å². The molecule has 0 aromatic rings. The normalized spacial score (nSPS) is 14.3. The lowest BCUT2D eigenvalue weighted by Gasteiger charge is -2.11. The molecule has 2 unspecified atom stereocenters. The molecule has 0 aliphatic heterocycles. The van der Waals surface area contributed by atoms with E-state index in [1.54, 1.807) is 0 Å². The molecule has 7 heteroatoms. The van der Waals surface area contributed by atoms with Gasteiger partial charge in [-0.1, -0.05) is 0 Å². The van der Waals surface area contributed by atoms with Crippen LogP contribution in [0.5, 0.6) is 0 Å². The Hall–Kier alpha value is -0.790. The monoisotopic (exact) mass is 236 g/mol. The van der Waals surface area contributed by atoms with Crippen molar-refractivity contribution in [2.75, 3.05) is 11.5 Å². The van der Waals surface area contributed by atoms with Crippen molar-refractivity contribution in [2.45, 2.75) is 25.6 Å². The highest BCUT2D eigenvalue weighted by molar-refractivity contribution is 7.99. The third-order valence-corrected chi connectivity index (χ3v) is 2.64. The van der Waals surface area contributed by atoms with Crippen LogP contribution in [-0.2, 0) is 9.59 Å². The summed E-state index contributed by atoms with van der Waals surface area (Å²) in [6, 6.07) is -0.882. The number of nitrogens with one attached hydrogen (secondary N) is 1. The average molecular weight is 236 g/mol. The van der Waals surface area contributed by atoms with Gasteiger partial charge in [-0.15, -0.1) is 0 Å². The maximum Gasteiger partial charge on any atom is 0.321 e. The second kappa shape index (κ2) is 7.49. The third kappa shape index (κ3) is 8.22. The van der Waals surface area contributed by atoms with Crippen LogP contribution in [0.25, 0.3) is 0 Å². The number of carboxylic acids is 1. The zero-order chi connectivity index (χ0) is 11.8. The number of aliphatic hydroxyl groups excluding tert-OH is 1. The molecule has 0 heterocycles. The van der Waals surface area contributed by atoms with Crippen LogP contribution < -0.4 is 11.1 Å². The largest absolute Gasteiger partial charge is 0.480 e. The van der Waals surface area contributed by atoms with Gasteiger partial charge in [0.05, 0.1) is 0 Å². The molecule has 88 valence electrons. The minimum absolute atomic E-state index is 0.294. The van der Waals surface area contributed by atoms with Crippen LogP contribution in [-0.4, -0.2) is 45.9 Å². The predicted molar refractivity (Wildman–Crippen MR) is 57.4 cm³/mol. The topological polar surface area (TPSA) is 113 Å². The second-order valence-corrected chi connectivity index (χ2v) is 4.17. The van der Waals surface area contributed by atoms with Crippen LogP contribution in [0.2, 0.25) is 0 Å². The summed E-state index contributed by atoms with van der Waals surface area (Å²) in [6.45, 7) is 1.32. The van der Waals surface area contributed by atoms with Crippen molar-refractivity contribution in [3.05, 3.63) is 0 Å². The minimum atomic E-state index is -1.04. The van der Waals surface area contributed by atoms with Gasteiger partial charge in [-0.2, -0.15) is 11.8 Å². The molecule has 15 heavy (non-hydrogen) atoms. The summed E-state index contributed by atoms with van der Waals surface area (Å²) in [6.07, 6.45) is -0.507. The molecule has 0 saturated heterocycles. The summed E-state index contributed by atoms with van der Waals surface area (Å²) in [5.41, 5.74) is 5.26. The highest BCUT2D eigenvalue weighted by Crippen LogP contribution is 2.05. The Kier molecular flexibility index (Phi) is 7.10. The number of nitrogens with two attached hydrogens (primary N) is 1. The van der Waals surface area contributed by atoms with Gasteiger partial charge in [0, 0.05) is 19.1 Å². The molecule has 5 N–H and O–H groups in total. The Labute approximate surface area is 92.2 Å². The molecule has 0 aromatic carbocycles. The first-order chi connectivity index (χ1) is 6.93. The van der Waals surface area contributed by atoms with Crippen molar-refractivity contribution < 1.29 is 19.8 Å². The fraction of sp³-hybridized carbons (Fsp3) is 0.750. The van der Waals surface area contributed by atoms with E-state index >= 15 is 0 Å². The Morgan fingerprint density at radius 1 is 1.53 bits per heavy atom. The van der Waals surface area contributed by atoms with E-state index in [4.69, 9.17) is 10.8 Å². The molecule has 0 spiro atoms. The molecule has 6 nitrogen and oxygen atoms in total. The Balaban J connectivity index is 3.46. The molecule has 0 radical (unpaired) electrons. The van der Waals surface area contributed by atoms with Gasteiger partial charge in [-0.05, 0) is 5.75 Å². The van der Waals surface area contributed by atoms with Gasteiger partial charge in [0.15, 0.2) is 0 Å². The summed E-state index contributed by atoms with van der Waals surface area (Å²) >= 11 is 1.33. The number of aliphatic carboxylic acids is 1. The minimum Gasteiger partial charge on any atom is -0.480 e. The number of rotatable bonds is 7. The van der Waals surface area contributed by atoms with Gasteiger partial charge in [-0.3, -0.25) is 9.59 Å². The van der Waals surface area contributed by atoms with Gasteiger partial charge in [0.2, 0.25) is 5.91 Å². The maximum absolute atomic E-state index is 10.5. The SMILES string of the molecule is CC(=O)NC(O)CCSCC(N)C(=O)O. The van der Waals surface area contributed by atoms with Gasteiger partial charge in [0.25, 0.3) is 0 Å². The number of carbonyl (C=O) groups is 2. The zero-order valence-corrected chi connectivity index (χ0v) is 9.29. The first-order valence-corrected chi connectivity index (χ1v) is 5.60. The number of hydrogen-bond donors (Lipinski definition) is 4. The van der Waals surface area contributed by atoms with E-state index in [2.05, 4.69) is 5.32 Å². The Morgan fingerprint density at radius 3 is 2.60 bits per heavy atom. The highest BCUT2D eigenvalue weighted by Gasteiger charge is 2.11. The van der Waals surface area contributed by atoms with Gasteiger partial charge in [0.1, 0.15) is 12.3 Å². The highest BCUT2D eigenvalue weighted by atomic mass is 32.2. The van der Waals surface area contributed by atoms with Crippen LogP contribution in [0.4, 0.5) is 0 Å². The van der Waals surface area contributed by atoms with Gasteiger partial charge >= 0.3 is 5.97 Å². The standard InChI is InChI=1S/C8H16N2O4S/c1-5(11)10-7(12)2-3-15-4-6(9)8(13)14/h6-7,12H,2-4,9H2,1H3,(H,10,11)(H,13,14).